The molecule has 0 radical (unpaired) electrons. The van der Waals surface area contributed by atoms with Gasteiger partial charge in [-0.05, 0) is 24.3 Å². The van der Waals surface area contributed by atoms with Gasteiger partial charge in [-0.2, -0.15) is 0 Å². The van der Waals surface area contributed by atoms with Crippen molar-refractivity contribution in [3.8, 4) is 0 Å². The average molecular weight is 241 g/mol. The molecule has 90 valence electrons. The van der Waals surface area contributed by atoms with E-state index in [4.69, 9.17) is 5.11 Å². The molecule has 2 aromatic heterocycles. The number of pyridine rings is 1. The van der Waals surface area contributed by atoms with Crippen LogP contribution in [0.15, 0.2) is 55.2 Å². The molecule has 0 unspecified atom stereocenters. The van der Waals surface area contributed by atoms with Gasteiger partial charge in [0.15, 0.2) is 0 Å². The van der Waals surface area contributed by atoms with Crippen molar-refractivity contribution in [2.45, 2.75) is 0 Å². The van der Waals surface area contributed by atoms with Crippen molar-refractivity contribution >= 4 is 16.9 Å². The number of carboxylic acids is 1. The number of benzene rings is 1. The molecule has 2 N–H and O–H groups in total. The van der Waals surface area contributed by atoms with Gasteiger partial charge in [0.2, 0.25) is 0 Å². The summed E-state index contributed by atoms with van der Waals surface area (Å²) in [6, 6.07) is 8.50. The van der Waals surface area contributed by atoms with Crippen LogP contribution in [0, 0.1) is 0 Å². The maximum absolute atomic E-state index is 10.6. The SMILES string of the molecule is O=C(O)c1ccc2ncccc2c1.c1c[nH]cn1. The number of aromatic carboxylic acids is 1. The molecule has 0 atom stereocenters. The molecule has 3 rings (SSSR count). The highest BCUT2D eigenvalue weighted by Gasteiger charge is 2.02. The fourth-order valence-electron chi connectivity index (χ4n) is 1.42. The van der Waals surface area contributed by atoms with Crippen LogP contribution < -0.4 is 0 Å². The second-order valence-corrected chi connectivity index (χ2v) is 3.48. The van der Waals surface area contributed by atoms with Crippen LogP contribution in [-0.2, 0) is 0 Å². The lowest BCUT2D eigenvalue weighted by Gasteiger charge is -1.97. The van der Waals surface area contributed by atoms with Crippen LogP contribution >= 0.6 is 0 Å². The highest BCUT2D eigenvalue weighted by molar-refractivity contribution is 5.93. The van der Waals surface area contributed by atoms with Crippen molar-refractivity contribution in [3.63, 3.8) is 0 Å². The molecule has 1 aromatic carbocycles. The number of rotatable bonds is 1. The van der Waals surface area contributed by atoms with E-state index in [0.29, 0.717) is 5.56 Å². The van der Waals surface area contributed by atoms with Gasteiger partial charge in [0, 0.05) is 24.0 Å². The molecule has 3 aromatic rings. The fraction of sp³-hybridized carbons (Fsp3) is 0. The van der Waals surface area contributed by atoms with Gasteiger partial charge in [-0.1, -0.05) is 6.07 Å². The highest BCUT2D eigenvalue weighted by atomic mass is 16.4. The lowest BCUT2D eigenvalue weighted by molar-refractivity contribution is 0.0697. The van der Waals surface area contributed by atoms with Gasteiger partial charge >= 0.3 is 5.97 Å². The molecule has 0 saturated heterocycles. The van der Waals surface area contributed by atoms with E-state index in [9.17, 15) is 4.79 Å². The number of aromatic nitrogens is 3. The predicted octanol–water partition coefficient (Wildman–Crippen LogP) is 2.34. The molecule has 0 aliphatic heterocycles. The van der Waals surface area contributed by atoms with Gasteiger partial charge in [-0.25, -0.2) is 9.78 Å². The van der Waals surface area contributed by atoms with Crippen LogP contribution in [0.5, 0.6) is 0 Å². The van der Waals surface area contributed by atoms with Crippen molar-refractivity contribution in [2.75, 3.05) is 0 Å². The molecule has 0 spiro atoms. The molecule has 0 bridgehead atoms. The number of hydrogen-bond donors (Lipinski definition) is 2. The van der Waals surface area contributed by atoms with E-state index < -0.39 is 5.97 Å². The Bertz CT molecular complexity index is 618. The van der Waals surface area contributed by atoms with E-state index in [0.717, 1.165) is 10.9 Å². The summed E-state index contributed by atoms with van der Waals surface area (Å²) in [5.74, 6) is -0.911. The first kappa shape index (κ1) is 11.8. The molecule has 5 heteroatoms. The molecule has 0 aliphatic carbocycles. The van der Waals surface area contributed by atoms with E-state index in [1.807, 2.05) is 6.07 Å². The Morgan fingerprint density at radius 1 is 1.22 bits per heavy atom. The molecule has 0 amide bonds. The minimum absolute atomic E-state index is 0.292. The Labute approximate surface area is 103 Å². The topological polar surface area (TPSA) is 78.9 Å². The van der Waals surface area contributed by atoms with Crippen LogP contribution in [-0.4, -0.2) is 26.0 Å². The van der Waals surface area contributed by atoms with Gasteiger partial charge in [0.05, 0.1) is 17.4 Å². The second-order valence-electron chi connectivity index (χ2n) is 3.48. The van der Waals surface area contributed by atoms with Gasteiger partial charge in [-0.3, -0.25) is 4.98 Å². The van der Waals surface area contributed by atoms with E-state index >= 15 is 0 Å². The summed E-state index contributed by atoms with van der Waals surface area (Å²) in [4.78, 5) is 21.1. The summed E-state index contributed by atoms with van der Waals surface area (Å²) in [5.41, 5.74) is 1.10. The number of carbonyl (C=O) groups is 1. The predicted molar refractivity (Wildman–Crippen MR) is 67.3 cm³/mol. The number of aromatic amines is 1. The Balaban J connectivity index is 0.000000202. The molecule has 0 aliphatic rings. The number of hydrogen-bond acceptors (Lipinski definition) is 3. The molecular weight excluding hydrogens is 230 g/mol. The summed E-state index contributed by atoms with van der Waals surface area (Å²) in [7, 11) is 0. The van der Waals surface area contributed by atoms with E-state index in [1.165, 1.54) is 0 Å². The van der Waals surface area contributed by atoms with Crippen molar-refractivity contribution in [1.29, 1.82) is 0 Å². The van der Waals surface area contributed by atoms with Crippen LogP contribution in [0.2, 0.25) is 0 Å². The minimum Gasteiger partial charge on any atom is -0.478 e. The van der Waals surface area contributed by atoms with Crippen LogP contribution in [0.4, 0.5) is 0 Å². The Hall–Kier alpha value is -2.69. The molecular formula is C13H11N3O2. The Morgan fingerprint density at radius 3 is 2.72 bits per heavy atom. The highest BCUT2D eigenvalue weighted by Crippen LogP contribution is 2.12. The summed E-state index contributed by atoms with van der Waals surface area (Å²) in [5, 5.41) is 9.57. The molecule has 18 heavy (non-hydrogen) atoms. The van der Waals surface area contributed by atoms with E-state index in [1.54, 1.807) is 49.2 Å². The number of carboxylic acid groups (broad SMARTS) is 1. The van der Waals surface area contributed by atoms with Gasteiger partial charge in [-0.15, -0.1) is 0 Å². The monoisotopic (exact) mass is 241 g/mol. The van der Waals surface area contributed by atoms with Gasteiger partial charge < -0.3 is 10.1 Å². The lowest BCUT2D eigenvalue weighted by Crippen LogP contribution is -1.95. The van der Waals surface area contributed by atoms with E-state index in [-0.39, 0.29) is 0 Å². The normalized spacial score (nSPS) is 9.56. The average Bonchev–Trinajstić information content (AvgIpc) is 2.97. The Kier molecular flexibility index (Phi) is 3.66. The quantitative estimate of drug-likeness (QED) is 0.685. The lowest BCUT2D eigenvalue weighted by atomic mass is 10.1. The number of H-pyrrole nitrogens is 1. The number of imidazole rings is 1. The standard InChI is InChI=1S/C10H7NO2.C3H4N2/c12-10(13)8-3-4-9-7(6-8)2-1-5-11-9;1-2-5-3-4-1/h1-6H,(H,12,13);1-3H,(H,4,5). The molecule has 2 heterocycles. The van der Waals surface area contributed by atoms with Crippen molar-refractivity contribution in [3.05, 3.63) is 60.8 Å². The number of nitrogens with zero attached hydrogens (tertiary/aromatic N) is 2. The summed E-state index contributed by atoms with van der Waals surface area (Å²) in [6.07, 6.45) is 6.77. The maximum atomic E-state index is 10.6. The van der Waals surface area contributed by atoms with Crippen molar-refractivity contribution in [1.82, 2.24) is 15.0 Å². The van der Waals surface area contributed by atoms with Gasteiger partial charge in [0.1, 0.15) is 0 Å². The zero-order chi connectivity index (χ0) is 12.8. The summed E-state index contributed by atoms with van der Waals surface area (Å²) in [6.45, 7) is 0. The van der Waals surface area contributed by atoms with Crippen LogP contribution in [0.1, 0.15) is 10.4 Å². The zero-order valence-electron chi connectivity index (χ0n) is 9.45. The van der Waals surface area contributed by atoms with Crippen LogP contribution in [0.25, 0.3) is 10.9 Å². The largest absolute Gasteiger partial charge is 0.478 e. The molecule has 5 nitrogen and oxygen atoms in total. The van der Waals surface area contributed by atoms with Crippen LogP contribution in [0.3, 0.4) is 0 Å². The maximum Gasteiger partial charge on any atom is 0.335 e. The van der Waals surface area contributed by atoms with Crippen molar-refractivity contribution < 1.29 is 9.90 Å². The third-order valence-corrected chi connectivity index (χ3v) is 2.26. The second kappa shape index (κ2) is 5.58. The number of nitrogens with one attached hydrogen (secondary N) is 1. The first-order chi connectivity index (χ1) is 8.77. The molecule has 0 saturated carbocycles. The first-order valence-corrected chi connectivity index (χ1v) is 5.28. The smallest absolute Gasteiger partial charge is 0.335 e. The fourth-order valence-corrected chi connectivity index (χ4v) is 1.42. The molecule has 0 fully saturated rings. The third kappa shape index (κ3) is 2.91. The van der Waals surface area contributed by atoms with Gasteiger partial charge in [0.25, 0.3) is 0 Å². The minimum atomic E-state index is -0.911. The van der Waals surface area contributed by atoms with E-state index in [2.05, 4.69) is 15.0 Å². The summed E-state index contributed by atoms with van der Waals surface area (Å²) < 4.78 is 0. The number of fused-ring (bicyclic) bond motifs is 1. The Morgan fingerprint density at radius 2 is 2.11 bits per heavy atom. The summed E-state index contributed by atoms with van der Waals surface area (Å²) >= 11 is 0. The van der Waals surface area contributed by atoms with Crippen molar-refractivity contribution in [2.24, 2.45) is 0 Å². The zero-order valence-corrected chi connectivity index (χ0v) is 9.45. The third-order valence-electron chi connectivity index (χ3n) is 2.26. The first-order valence-electron chi connectivity index (χ1n) is 5.28.